The molecular weight excluding hydrogens is 172 g/mol. The van der Waals surface area contributed by atoms with E-state index in [0.29, 0.717) is 6.54 Å². The standard InChI is InChI=1S/C8H16N2OS/c1-6(9)5-10-8(11)7-3-2-4-12-7/h6-7H,2-5,9H2,1H3,(H,10,11). The van der Waals surface area contributed by atoms with E-state index in [1.165, 1.54) is 6.42 Å². The number of hydrogen-bond acceptors (Lipinski definition) is 3. The number of nitrogens with one attached hydrogen (secondary N) is 1. The van der Waals surface area contributed by atoms with Gasteiger partial charge in [-0.2, -0.15) is 0 Å². The second-order valence-electron chi connectivity index (χ2n) is 3.22. The Morgan fingerprint density at radius 3 is 3.08 bits per heavy atom. The van der Waals surface area contributed by atoms with Crippen LogP contribution < -0.4 is 11.1 Å². The van der Waals surface area contributed by atoms with Gasteiger partial charge >= 0.3 is 0 Å². The Hall–Kier alpha value is -0.220. The summed E-state index contributed by atoms with van der Waals surface area (Å²) in [6, 6.07) is 0.0559. The fraction of sp³-hybridized carbons (Fsp3) is 0.875. The van der Waals surface area contributed by atoms with Gasteiger partial charge < -0.3 is 11.1 Å². The third kappa shape index (κ3) is 3.03. The van der Waals surface area contributed by atoms with Crippen LogP contribution in [0.25, 0.3) is 0 Å². The van der Waals surface area contributed by atoms with Gasteiger partial charge in [-0.05, 0) is 25.5 Å². The van der Waals surface area contributed by atoms with Gasteiger partial charge in [0.05, 0.1) is 5.25 Å². The second kappa shape index (κ2) is 4.72. The fourth-order valence-corrected chi connectivity index (χ4v) is 2.35. The molecule has 0 aliphatic carbocycles. The van der Waals surface area contributed by atoms with Gasteiger partial charge in [-0.1, -0.05) is 0 Å². The van der Waals surface area contributed by atoms with Gasteiger partial charge in [-0.3, -0.25) is 4.79 Å². The first-order chi connectivity index (χ1) is 5.70. The minimum atomic E-state index is 0.0559. The van der Waals surface area contributed by atoms with Crippen molar-refractivity contribution in [3.05, 3.63) is 0 Å². The second-order valence-corrected chi connectivity index (χ2v) is 4.53. The SMILES string of the molecule is CC(N)CNC(=O)C1CCCS1. The van der Waals surface area contributed by atoms with Crippen molar-refractivity contribution in [2.75, 3.05) is 12.3 Å². The number of carbonyl (C=O) groups excluding carboxylic acids is 1. The Morgan fingerprint density at radius 2 is 2.58 bits per heavy atom. The highest BCUT2D eigenvalue weighted by atomic mass is 32.2. The van der Waals surface area contributed by atoms with E-state index in [1.807, 2.05) is 6.92 Å². The van der Waals surface area contributed by atoms with Crippen LogP contribution in [0.2, 0.25) is 0 Å². The average Bonchev–Trinajstić information content (AvgIpc) is 2.51. The predicted molar refractivity (Wildman–Crippen MR) is 52.1 cm³/mol. The summed E-state index contributed by atoms with van der Waals surface area (Å²) in [6.45, 7) is 2.48. The van der Waals surface area contributed by atoms with Gasteiger partial charge in [0, 0.05) is 12.6 Å². The van der Waals surface area contributed by atoms with E-state index in [4.69, 9.17) is 5.73 Å². The third-order valence-corrected chi connectivity index (χ3v) is 3.20. The first-order valence-electron chi connectivity index (χ1n) is 4.35. The topological polar surface area (TPSA) is 55.1 Å². The lowest BCUT2D eigenvalue weighted by atomic mass is 10.2. The first-order valence-corrected chi connectivity index (χ1v) is 5.40. The van der Waals surface area contributed by atoms with Crippen LogP contribution in [0.1, 0.15) is 19.8 Å². The molecule has 1 saturated heterocycles. The molecule has 1 heterocycles. The molecule has 1 rings (SSSR count). The summed E-state index contributed by atoms with van der Waals surface area (Å²) in [5.41, 5.74) is 5.52. The molecule has 1 aliphatic heterocycles. The lowest BCUT2D eigenvalue weighted by molar-refractivity contribution is -0.120. The van der Waals surface area contributed by atoms with Gasteiger partial charge in [0.25, 0.3) is 0 Å². The molecule has 2 unspecified atom stereocenters. The van der Waals surface area contributed by atoms with Gasteiger partial charge in [0.2, 0.25) is 5.91 Å². The Labute approximate surface area is 77.5 Å². The van der Waals surface area contributed by atoms with Crippen molar-refractivity contribution in [2.24, 2.45) is 5.73 Å². The minimum absolute atomic E-state index is 0.0559. The quantitative estimate of drug-likeness (QED) is 0.672. The molecule has 0 spiro atoms. The van der Waals surface area contributed by atoms with Gasteiger partial charge in [-0.25, -0.2) is 0 Å². The zero-order valence-electron chi connectivity index (χ0n) is 7.38. The maximum atomic E-state index is 11.4. The van der Waals surface area contributed by atoms with Gasteiger partial charge in [-0.15, -0.1) is 11.8 Å². The number of amides is 1. The molecule has 0 aromatic carbocycles. The fourth-order valence-electron chi connectivity index (χ4n) is 1.16. The zero-order valence-corrected chi connectivity index (χ0v) is 8.19. The van der Waals surface area contributed by atoms with Crippen molar-refractivity contribution in [3.8, 4) is 0 Å². The van der Waals surface area contributed by atoms with Crippen molar-refractivity contribution < 1.29 is 4.79 Å². The van der Waals surface area contributed by atoms with E-state index in [1.54, 1.807) is 11.8 Å². The van der Waals surface area contributed by atoms with Crippen molar-refractivity contribution in [2.45, 2.75) is 31.1 Å². The van der Waals surface area contributed by atoms with Crippen LogP contribution in [0.4, 0.5) is 0 Å². The predicted octanol–water partition coefficient (Wildman–Crippen LogP) is 0.345. The first kappa shape index (κ1) is 9.86. The van der Waals surface area contributed by atoms with E-state index < -0.39 is 0 Å². The number of thioether (sulfide) groups is 1. The van der Waals surface area contributed by atoms with E-state index in [-0.39, 0.29) is 17.2 Å². The summed E-state index contributed by atoms with van der Waals surface area (Å²) in [5.74, 6) is 1.28. The van der Waals surface area contributed by atoms with E-state index >= 15 is 0 Å². The van der Waals surface area contributed by atoms with Crippen LogP contribution in [0, 0.1) is 0 Å². The Bertz CT molecular complexity index is 155. The lowest BCUT2D eigenvalue weighted by Crippen LogP contribution is -2.39. The van der Waals surface area contributed by atoms with E-state index in [2.05, 4.69) is 5.32 Å². The van der Waals surface area contributed by atoms with Crippen molar-refractivity contribution >= 4 is 17.7 Å². The molecule has 2 atom stereocenters. The van der Waals surface area contributed by atoms with Crippen LogP contribution >= 0.6 is 11.8 Å². The molecule has 0 bridgehead atoms. The van der Waals surface area contributed by atoms with Crippen molar-refractivity contribution in [1.29, 1.82) is 0 Å². The number of rotatable bonds is 3. The van der Waals surface area contributed by atoms with E-state index in [0.717, 1.165) is 12.2 Å². The Balaban J connectivity index is 2.18. The monoisotopic (exact) mass is 188 g/mol. The molecule has 1 aliphatic rings. The molecular formula is C8H16N2OS. The van der Waals surface area contributed by atoms with Crippen LogP contribution in [0.5, 0.6) is 0 Å². The van der Waals surface area contributed by atoms with Crippen LogP contribution in [0.15, 0.2) is 0 Å². The molecule has 0 saturated carbocycles. The summed E-state index contributed by atoms with van der Waals surface area (Å²) >= 11 is 1.75. The van der Waals surface area contributed by atoms with Gasteiger partial charge in [0.15, 0.2) is 0 Å². The molecule has 0 aromatic rings. The highest BCUT2D eigenvalue weighted by molar-refractivity contribution is 8.00. The van der Waals surface area contributed by atoms with Crippen LogP contribution in [-0.2, 0) is 4.79 Å². The summed E-state index contributed by atoms with van der Waals surface area (Å²) in [5, 5.41) is 3.02. The molecule has 3 N–H and O–H groups in total. The Morgan fingerprint density at radius 1 is 1.83 bits per heavy atom. The molecule has 4 heteroatoms. The molecule has 0 radical (unpaired) electrons. The van der Waals surface area contributed by atoms with Crippen molar-refractivity contribution in [1.82, 2.24) is 5.32 Å². The Kier molecular flexibility index (Phi) is 3.88. The highest BCUT2D eigenvalue weighted by Gasteiger charge is 2.22. The van der Waals surface area contributed by atoms with Crippen LogP contribution in [0.3, 0.4) is 0 Å². The molecule has 3 nitrogen and oxygen atoms in total. The number of carbonyl (C=O) groups is 1. The maximum absolute atomic E-state index is 11.4. The third-order valence-electron chi connectivity index (χ3n) is 1.82. The summed E-state index contributed by atoms with van der Waals surface area (Å²) in [4.78, 5) is 11.4. The summed E-state index contributed by atoms with van der Waals surface area (Å²) < 4.78 is 0. The van der Waals surface area contributed by atoms with Crippen molar-refractivity contribution in [3.63, 3.8) is 0 Å². The minimum Gasteiger partial charge on any atom is -0.354 e. The molecule has 12 heavy (non-hydrogen) atoms. The lowest BCUT2D eigenvalue weighted by Gasteiger charge is -2.11. The van der Waals surface area contributed by atoms with Gasteiger partial charge in [0.1, 0.15) is 0 Å². The zero-order chi connectivity index (χ0) is 8.97. The largest absolute Gasteiger partial charge is 0.354 e. The molecule has 70 valence electrons. The smallest absolute Gasteiger partial charge is 0.233 e. The van der Waals surface area contributed by atoms with E-state index in [9.17, 15) is 4.79 Å². The molecule has 0 aromatic heterocycles. The average molecular weight is 188 g/mol. The number of hydrogen-bond donors (Lipinski definition) is 2. The van der Waals surface area contributed by atoms with Crippen LogP contribution in [-0.4, -0.2) is 29.5 Å². The highest BCUT2D eigenvalue weighted by Crippen LogP contribution is 2.25. The normalized spacial score (nSPS) is 25.3. The maximum Gasteiger partial charge on any atom is 0.233 e. The molecule has 1 amide bonds. The number of nitrogens with two attached hydrogens (primary N) is 1. The molecule has 1 fully saturated rings. The summed E-state index contributed by atoms with van der Waals surface area (Å²) in [7, 11) is 0. The summed E-state index contributed by atoms with van der Waals surface area (Å²) in [6.07, 6.45) is 2.19.